The van der Waals surface area contributed by atoms with E-state index in [0.29, 0.717) is 18.5 Å². The van der Waals surface area contributed by atoms with Gasteiger partial charge in [-0.2, -0.15) is 0 Å². The van der Waals surface area contributed by atoms with Gasteiger partial charge in [0.15, 0.2) is 17.5 Å². The largest absolute Gasteiger partial charge is 0.493 e. The van der Waals surface area contributed by atoms with Crippen molar-refractivity contribution in [2.24, 2.45) is 10.9 Å². The van der Waals surface area contributed by atoms with Crippen LogP contribution in [0.2, 0.25) is 0 Å². The molecule has 29 heavy (non-hydrogen) atoms. The molecule has 1 heterocycles. The number of methoxy groups -OCH3 is 1. The maximum absolute atomic E-state index is 6.00. The first kappa shape index (κ1) is 25.8. The predicted octanol–water partition coefficient (Wildman–Crippen LogP) is 2.60. The van der Waals surface area contributed by atoms with E-state index in [4.69, 9.17) is 14.2 Å². The Morgan fingerprint density at radius 2 is 1.72 bits per heavy atom. The van der Waals surface area contributed by atoms with Crippen LogP contribution in [0.1, 0.15) is 20.8 Å². The molecule has 0 bridgehead atoms. The summed E-state index contributed by atoms with van der Waals surface area (Å²) in [7, 11) is 3.44. The van der Waals surface area contributed by atoms with E-state index in [9.17, 15) is 0 Å². The molecule has 1 saturated heterocycles. The molecule has 2 rings (SSSR count). The number of aliphatic imine (C=N–C) groups is 1. The number of rotatable bonds is 9. The first-order valence-electron chi connectivity index (χ1n) is 10.1. The van der Waals surface area contributed by atoms with Crippen molar-refractivity contribution in [3.05, 3.63) is 24.3 Å². The van der Waals surface area contributed by atoms with Gasteiger partial charge in [0.05, 0.1) is 26.9 Å². The molecule has 1 aromatic carbocycles. The number of hydrogen-bond acceptors (Lipinski definition) is 5. The van der Waals surface area contributed by atoms with Gasteiger partial charge in [-0.1, -0.05) is 26.0 Å². The fraction of sp³-hybridized carbons (Fsp3) is 0.667. The normalized spacial score (nSPS) is 17.2. The maximum atomic E-state index is 6.00. The van der Waals surface area contributed by atoms with Crippen LogP contribution in [0.5, 0.6) is 11.5 Å². The second kappa shape index (κ2) is 13.9. The molecule has 0 amide bonds. The third-order valence-electron chi connectivity index (χ3n) is 4.94. The summed E-state index contributed by atoms with van der Waals surface area (Å²) < 4.78 is 16.8. The Labute approximate surface area is 192 Å². The number of halogens is 1. The Balaban J connectivity index is 0.00000420. The van der Waals surface area contributed by atoms with Crippen LogP contribution in [0.15, 0.2) is 29.3 Å². The third-order valence-corrected chi connectivity index (χ3v) is 4.94. The predicted molar refractivity (Wildman–Crippen MR) is 129 cm³/mol. The van der Waals surface area contributed by atoms with Gasteiger partial charge in [-0.3, -0.25) is 9.89 Å². The molecule has 1 aliphatic rings. The van der Waals surface area contributed by atoms with Crippen molar-refractivity contribution in [1.29, 1.82) is 0 Å². The Bertz CT molecular complexity index is 609. The minimum absolute atomic E-state index is 0. The van der Waals surface area contributed by atoms with Crippen molar-refractivity contribution in [2.45, 2.75) is 32.9 Å². The van der Waals surface area contributed by atoms with Gasteiger partial charge in [-0.15, -0.1) is 24.0 Å². The molecule has 0 aliphatic carbocycles. The van der Waals surface area contributed by atoms with E-state index in [1.54, 1.807) is 14.2 Å². The molecule has 0 radical (unpaired) electrons. The molecule has 2 N–H and O–H groups in total. The standard InChI is InChI=1S/C21H36N4O3.HI/c1-16(2)18(25-10-12-27-13-11-25)15-24-21(22-4)23-14-17(3)28-20-9-7-6-8-19(20)26-5;/h6-9,16-18H,10-15H2,1-5H3,(H2,22,23,24);1H. The van der Waals surface area contributed by atoms with E-state index in [0.717, 1.165) is 50.3 Å². The molecule has 0 aromatic heterocycles. The van der Waals surface area contributed by atoms with E-state index >= 15 is 0 Å². The SMILES string of the molecule is CN=C(NCC(C)Oc1ccccc1OC)NCC(C(C)C)N1CCOCC1.I. The highest BCUT2D eigenvalue weighted by Crippen LogP contribution is 2.26. The van der Waals surface area contributed by atoms with Gasteiger partial charge in [-0.25, -0.2) is 0 Å². The lowest BCUT2D eigenvalue weighted by molar-refractivity contribution is 0.00751. The van der Waals surface area contributed by atoms with E-state index < -0.39 is 0 Å². The summed E-state index contributed by atoms with van der Waals surface area (Å²) in [6, 6.07) is 8.13. The van der Waals surface area contributed by atoms with Gasteiger partial charge >= 0.3 is 0 Å². The minimum atomic E-state index is -0.0324. The number of morpholine rings is 1. The molecular weight excluding hydrogens is 483 g/mol. The summed E-state index contributed by atoms with van der Waals surface area (Å²) in [5, 5.41) is 6.82. The van der Waals surface area contributed by atoms with Crippen molar-refractivity contribution in [3.8, 4) is 11.5 Å². The summed E-state index contributed by atoms with van der Waals surface area (Å²) in [6.45, 7) is 11.6. The van der Waals surface area contributed by atoms with E-state index in [2.05, 4.69) is 34.4 Å². The Morgan fingerprint density at radius 1 is 1.10 bits per heavy atom. The fourth-order valence-electron chi connectivity index (χ4n) is 3.33. The van der Waals surface area contributed by atoms with Crippen LogP contribution in [-0.4, -0.2) is 76.6 Å². The van der Waals surface area contributed by atoms with Crippen LogP contribution in [0.25, 0.3) is 0 Å². The molecule has 1 fully saturated rings. The first-order valence-corrected chi connectivity index (χ1v) is 10.1. The second-order valence-corrected chi connectivity index (χ2v) is 7.37. The van der Waals surface area contributed by atoms with Gasteiger partial charge in [0.1, 0.15) is 6.10 Å². The second-order valence-electron chi connectivity index (χ2n) is 7.37. The highest BCUT2D eigenvalue weighted by atomic mass is 127. The van der Waals surface area contributed by atoms with Crippen LogP contribution >= 0.6 is 24.0 Å². The molecule has 2 unspecified atom stereocenters. The molecule has 1 aliphatic heterocycles. The number of hydrogen-bond donors (Lipinski definition) is 2. The Morgan fingerprint density at radius 3 is 2.31 bits per heavy atom. The topological polar surface area (TPSA) is 67.4 Å². The highest BCUT2D eigenvalue weighted by molar-refractivity contribution is 14.0. The number of nitrogens with one attached hydrogen (secondary N) is 2. The van der Waals surface area contributed by atoms with E-state index in [1.165, 1.54) is 0 Å². The van der Waals surface area contributed by atoms with Gasteiger partial charge in [0, 0.05) is 32.7 Å². The molecular formula is C21H37IN4O3. The number of guanidine groups is 1. The average Bonchev–Trinajstić information content (AvgIpc) is 2.71. The lowest BCUT2D eigenvalue weighted by Gasteiger charge is -2.37. The Kier molecular flexibility index (Phi) is 12.3. The van der Waals surface area contributed by atoms with Crippen molar-refractivity contribution in [1.82, 2.24) is 15.5 Å². The van der Waals surface area contributed by atoms with Crippen molar-refractivity contribution < 1.29 is 14.2 Å². The van der Waals surface area contributed by atoms with Crippen molar-refractivity contribution >= 4 is 29.9 Å². The van der Waals surface area contributed by atoms with Gasteiger partial charge in [-0.05, 0) is 25.0 Å². The average molecular weight is 520 g/mol. The van der Waals surface area contributed by atoms with E-state index in [1.807, 2.05) is 31.2 Å². The highest BCUT2D eigenvalue weighted by Gasteiger charge is 2.24. The van der Waals surface area contributed by atoms with E-state index in [-0.39, 0.29) is 30.1 Å². The quantitative estimate of drug-likeness (QED) is 0.297. The zero-order chi connectivity index (χ0) is 20.4. The smallest absolute Gasteiger partial charge is 0.191 e. The van der Waals surface area contributed by atoms with Crippen LogP contribution in [0, 0.1) is 5.92 Å². The molecule has 0 saturated carbocycles. The van der Waals surface area contributed by atoms with Crippen LogP contribution in [0.3, 0.4) is 0 Å². The minimum Gasteiger partial charge on any atom is -0.493 e. The fourth-order valence-corrected chi connectivity index (χ4v) is 3.33. The molecule has 2 atom stereocenters. The Hall–Kier alpha value is -1.26. The lowest BCUT2D eigenvalue weighted by Crippen LogP contribution is -2.53. The third kappa shape index (κ3) is 8.55. The summed E-state index contributed by atoms with van der Waals surface area (Å²) in [5.74, 6) is 2.82. The first-order chi connectivity index (χ1) is 13.5. The maximum Gasteiger partial charge on any atom is 0.191 e. The van der Waals surface area contributed by atoms with Crippen LogP contribution in [-0.2, 0) is 4.74 Å². The van der Waals surface area contributed by atoms with Gasteiger partial charge in [0.25, 0.3) is 0 Å². The summed E-state index contributed by atoms with van der Waals surface area (Å²) >= 11 is 0. The molecule has 8 heteroatoms. The number of para-hydroxylation sites is 2. The number of ether oxygens (including phenoxy) is 3. The molecule has 0 spiro atoms. The monoisotopic (exact) mass is 520 g/mol. The van der Waals surface area contributed by atoms with Gasteiger partial charge < -0.3 is 24.8 Å². The molecule has 1 aromatic rings. The van der Waals surface area contributed by atoms with Crippen molar-refractivity contribution in [2.75, 3.05) is 53.6 Å². The summed E-state index contributed by atoms with van der Waals surface area (Å²) in [6.07, 6.45) is -0.0324. The molecule has 7 nitrogen and oxygen atoms in total. The lowest BCUT2D eigenvalue weighted by atomic mass is 10.0. The zero-order valence-corrected chi connectivity index (χ0v) is 20.6. The number of nitrogens with zero attached hydrogens (tertiary/aromatic N) is 2. The summed E-state index contributed by atoms with van der Waals surface area (Å²) in [4.78, 5) is 6.85. The van der Waals surface area contributed by atoms with Crippen LogP contribution in [0.4, 0.5) is 0 Å². The number of benzene rings is 1. The molecule has 166 valence electrons. The van der Waals surface area contributed by atoms with Gasteiger partial charge in [0.2, 0.25) is 0 Å². The zero-order valence-electron chi connectivity index (χ0n) is 18.3. The van der Waals surface area contributed by atoms with Crippen LogP contribution < -0.4 is 20.1 Å². The summed E-state index contributed by atoms with van der Waals surface area (Å²) in [5.41, 5.74) is 0. The van der Waals surface area contributed by atoms with Crippen molar-refractivity contribution in [3.63, 3.8) is 0 Å².